The maximum Gasteiger partial charge on any atom is 0.224 e. The molecule has 2 heterocycles. The molecule has 4 rings (SSSR count). The fourth-order valence-corrected chi connectivity index (χ4v) is 3.30. The van der Waals surface area contributed by atoms with Crippen molar-refractivity contribution in [3.63, 3.8) is 0 Å². The van der Waals surface area contributed by atoms with Crippen molar-refractivity contribution < 1.29 is 14.3 Å². The molecular formula is C24H23N3O3. The molecular weight excluding hydrogens is 378 g/mol. The second-order valence-corrected chi connectivity index (χ2v) is 6.90. The number of carbonyl (C=O) groups is 1. The van der Waals surface area contributed by atoms with Crippen LogP contribution in [0.1, 0.15) is 12.0 Å². The number of hydrogen-bond donors (Lipinski definition) is 1. The Morgan fingerprint density at radius 2 is 1.87 bits per heavy atom. The maximum absolute atomic E-state index is 12.6. The molecule has 0 bridgehead atoms. The average molecular weight is 401 g/mol. The summed E-state index contributed by atoms with van der Waals surface area (Å²) in [5, 5.41) is 2.97. The SMILES string of the molecule is COc1ccc(CCC(=O)Nc2cc(-c3cn4ccccc4n3)ccc2OC)cc1. The van der Waals surface area contributed by atoms with E-state index in [2.05, 4.69) is 10.3 Å². The molecule has 1 amide bonds. The molecule has 2 aromatic carbocycles. The number of ether oxygens (including phenoxy) is 2. The molecule has 4 aromatic rings. The first kappa shape index (κ1) is 19.5. The van der Waals surface area contributed by atoms with Gasteiger partial charge in [-0.3, -0.25) is 4.79 Å². The van der Waals surface area contributed by atoms with E-state index in [1.54, 1.807) is 14.2 Å². The van der Waals surface area contributed by atoms with Crippen LogP contribution in [-0.4, -0.2) is 29.5 Å². The Bertz CT molecular complexity index is 1130. The molecule has 0 aliphatic rings. The van der Waals surface area contributed by atoms with Crippen molar-refractivity contribution in [2.45, 2.75) is 12.8 Å². The Balaban J connectivity index is 1.49. The molecule has 152 valence electrons. The second kappa shape index (κ2) is 8.69. The van der Waals surface area contributed by atoms with E-state index >= 15 is 0 Å². The van der Waals surface area contributed by atoms with Crippen molar-refractivity contribution >= 4 is 17.2 Å². The van der Waals surface area contributed by atoms with Crippen LogP contribution in [0.15, 0.2) is 73.1 Å². The third-order valence-corrected chi connectivity index (χ3v) is 4.93. The number of aryl methyl sites for hydroxylation is 1. The lowest BCUT2D eigenvalue weighted by Gasteiger charge is -2.12. The number of carbonyl (C=O) groups excluding carboxylic acids is 1. The Morgan fingerprint density at radius 1 is 1.03 bits per heavy atom. The van der Waals surface area contributed by atoms with Crippen LogP contribution < -0.4 is 14.8 Å². The summed E-state index contributed by atoms with van der Waals surface area (Å²) in [6.45, 7) is 0. The molecule has 0 fully saturated rings. The van der Waals surface area contributed by atoms with Gasteiger partial charge >= 0.3 is 0 Å². The van der Waals surface area contributed by atoms with E-state index in [4.69, 9.17) is 9.47 Å². The van der Waals surface area contributed by atoms with Crippen LogP contribution in [-0.2, 0) is 11.2 Å². The molecule has 0 saturated carbocycles. The van der Waals surface area contributed by atoms with E-state index in [1.165, 1.54) is 0 Å². The molecule has 0 aliphatic heterocycles. The zero-order valence-electron chi connectivity index (χ0n) is 17.0. The number of methoxy groups -OCH3 is 2. The molecule has 0 aliphatic carbocycles. The number of aromatic nitrogens is 2. The first-order valence-electron chi connectivity index (χ1n) is 9.71. The molecule has 1 N–H and O–H groups in total. The standard InChI is InChI=1S/C24H23N3O3/c1-29-19-10-6-17(7-11-19)8-13-24(28)26-20-15-18(9-12-22(20)30-2)21-16-27-14-4-3-5-23(27)25-21/h3-7,9-12,14-16H,8,13H2,1-2H3,(H,26,28). The molecule has 0 radical (unpaired) electrons. The summed E-state index contributed by atoms with van der Waals surface area (Å²) in [6, 6.07) is 19.3. The first-order chi connectivity index (χ1) is 14.7. The van der Waals surface area contributed by atoms with Crippen LogP contribution in [0.25, 0.3) is 16.9 Å². The molecule has 6 nitrogen and oxygen atoms in total. The quantitative estimate of drug-likeness (QED) is 0.492. The number of pyridine rings is 1. The largest absolute Gasteiger partial charge is 0.497 e. The lowest BCUT2D eigenvalue weighted by atomic mass is 10.1. The van der Waals surface area contributed by atoms with E-state index in [-0.39, 0.29) is 5.91 Å². The lowest BCUT2D eigenvalue weighted by Crippen LogP contribution is -2.13. The summed E-state index contributed by atoms with van der Waals surface area (Å²) < 4.78 is 12.6. The topological polar surface area (TPSA) is 64.9 Å². The van der Waals surface area contributed by atoms with Crippen LogP contribution in [0.4, 0.5) is 5.69 Å². The first-order valence-corrected chi connectivity index (χ1v) is 9.71. The van der Waals surface area contributed by atoms with E-state index < -0.39 is 0 Å². The van der Waals surface area contributed by atoms with Gasteiger partial charge in [0.15, 0.2) is 0 Å². The van der Waals surface area contributed by atoms with Crippen LogP contribution in [0.5, 0.6) is 11.5 Å². The number of fused-ring (bicyclic) bond motifs is 1. The predicted molar refractivity (Wildman–Crippen MR) is 117 cm³/mol. The van der Waals surface area contributed by atoms with E-state index in [9.17, 15) is 4.79 Å². The third kappa shape index (κ3) is 4.27. The second-order valence-electron chi connectivity index (χ2n) is 6.90. The minimum Gasteiger partial charge on any atom is -0.497 e. The fraction of sp³-hybridized carbons (Fsp3) is 0.167. The number of benzene rings is 2. The summed E-state index contributed by atoms with van der Waals surface area (Å²) in [4.78, 5) is 17.2. The van der Waals surface area contributed by atoms with Gasteiger partial charge in [0.05, 0.1) is 25.6 Å². The minimum absolute atomic E-state index is 0.0729. The summed E-state index contributed by atoms with van der Waals surface area (Å²) in [5.41, 5.74) is 4.32. The van der Waals surface area contributed by atoms with Crippen molar-refractivity contribution in [1.29, 1.82) is 0 Å². The normalized spacial score (nSPS) is 10.7. The number of imidazole rings is 1. The van der Waals surface area contributed by atoms with Gasteiger partial charge in [-0.1, -0.05) is 18.2 Å². The molecule has 6 heteroatoms. The minimum atomic E-state index is -0.0729. The third-order valence-electron chi connectivity index (χ3n) is 4.93. The van der Waals surface area contributed by atoms with Crippen LogP contribution in [0.3, 0.4) is 0 Å². The monoisotopic (exact) mass is 401 g/mol. The van der Waals surface area contributed by atoms with Crippen LogP contribution in [0.2, 0.25) is 0 Å². The van der Waals surface area contributed by atoms with Crippen molar-refractivity contribution in [2.24, 2.45) is 0 Å². The van der Waals surface area contributed by atoms with Gasteiger partial charge in [0, 0.05) is 24.4 Å². The van der Waals surface area contributed by atoms with Gasteiger partial charge in [-0.2, -0.15) is 0 Å². The number of nitrogens with one attached hydrogen (secondary N) is 1. The Labute approximate surface area is 175 Å². The van der Waals surface area contributed by atoms with E-state index in [0.717, 1.165) is 28.2 Å². The van der Waals surface area contributed by atoms with E-state index in [1.807, 2.05) is 77.5 Å². The number of nitrogens with zero attached hydrogens (tertiary/aromatic N) is 2. The highest BCUT2D eigenvalue weighted by Crippen LogP contribution is 2.30. The number of hydrogen-bond acceptors (Lipinski definition) is 4. The fourth-order valence-electron chi connectivity index (χ4n) is 3.30. The van der Waals surface area contributed by atoms with Crippen molar-refractivity contribution in [3.05, 3.63) is 78.6 Å². The van der Waals surface area contributed by atoms with Crippen LogP contribution in [0, 0.1) is 0 Å². The van der Waals surface area contributed by atoms with Crippen molar-refractivity contribution in [1.82, 2.24) is 9.38 Å². The van der Waals surface area contributed by atoms with Gasteiger partial charge < -0.3 is 19.2 Å². The van der Waals surface area contributed by atoms with Crippen molar-refractivity contribution in [3.8, 4) is 22.8 Å². The van der Waals surface area contributed by atoms with Gasteiger partial charge in [0.2, 0.25) is 5.91 Å². The van der Waals surface area contributed by atoms with Gasteiger partial charge in [0.1, 0.15) is 17.1 Å². The summed E-state index contributed by atoms with van der Waals surface area (Å²) >= 11 is 0. The average Bonchev–Trinajstić information content (AvgIpc) is 3.22. The Kier molecular flexibility index (Phi) is 5.66. The maximum atomic E-state index is 12.6. The lowest BCUT2D eigenvalue weighted by molar-refractivity contribution is -0.116. The predicted octanol–water partition coefficient (Wildman–Crippen LogP) is 4.59. The van der Waals surface area contributed by atoms with Crippen LogP contribution >= 0.6 is 0 Å². The molecule has 0 spiro atoms. The van der Waals surface area contributed by atoms with Gasteiger partial charge in [0.25, 0.3) is 0 Å². The molecule has 0 saturated heterocycles. The number of rotatable bonds is 7. The summed E-state index contributed by atoms with van der Waals surface area (Å²) in [7, 11) is 3.23. The Hall–Kier alpha value is -3.80. The van der Waals surface area contributed by atoms with Gasteiger partial charge in [-0.25, -0.2) is 4.98 Å². The molecule has 30 heavy (non-hydrogen) atoms. The smallest absolute Gasteiger partial charge is 0.224 e. The van der Waals surface area contributed by atoms with Gasteiger partial charge in [-0.15, -0.1) is 0 Å². The zero-order chi connectivity index (χ0) is 20.9. The number of amides is 1. The highest BCUT2D eigenvalue weighted by atomic mass is 16.5. The van der Waals surface area contributed by atoms with Gasteiger partial charge in [-0.05, 0) is 54.4 Å². The molecule has 0 unspecified atom stereocenters. The Morgan fingerprint density at radius 3 is 2.60 bits per heavy atom. The highest BCUT2D eigenvalue weighted by molar-refractivity contribution is 5.93. The summed E-state index contributed by atoms with van der Waals surface area (Å²) in [6.07, 6.45) is 4.93. The summed E-state index contributed by atoms with van der Waals surface area (Å²) in [5.74, 6) is 1.34. The van der Waals surface area contributed by atoms with E-state index in [0.29, 0.717) is 24.3 Å². The molecule has 0 atom stereocenters. The zero-order valence-corrected chi connectivity index (χ0v) is 17.0. The number of anilines is 1. The molecule has 2 aromatic heterocycles. The van der Waals surface area contributed by atoms with Crippen molar-refractivity contribution in [2.75, 3.05) is 19.5 Å². The highest BCUT2D eigenvalue weighted by Gasteiger charge is 2.12.